The minimum atomic E-state index is -1.51. The van der Waals surface area contributed by atoms with Crippen LogP contribution < -0.4 is 5.73 Å². The molecule has 0 aliphatic heterocycles. The first kappa shape index (κ1) is 10.5. The van der Waals surface area contributed by atoms with Crippen molar-refractivity contribution in [3.63, 3.8) is 0 Å². The molecule has 16 heavy (non-hydrogen) atoms. The summed E-state index contributed by atoms with van der Waals surface area (Å²) < 4.78 is 39.0. The Kier molecular flexibility index (Phi) is 2.52. The lowest BCUT2D eigenvalue weighted by Crippen LogP contribution is -1.96. The van der Waals surface area contributed by atoms with Crippen LogP contribution in [0.15, 0.2) is 30.5 Å². The minimum absolute atomic E-state index is 0.119. The van der Waals surface area contributed by atoms with E-state index in [2.05, 4.69) is 4.98 Å². The predicted molar refractivity (Wildman–Crippen MR) is 54.0 cm³/mol. The van der Waals surface area contributed by atoms with Crippen LogP contribution in [0.2, 0.25) is 0 Å². The van der Waals surface area contributed by atoms with Crippen molar-refractivity contribution in [2.45, 2.75) is 0 Å². The highest BCUT2D eigenvalue weighted by Crippen LogP contribution is 2.25. The molecule has 0 bridgehead atoms. The standard InChI is InChI=1S/C11H7F3N2/c12-8-2-1-7(10(13)11(8)14)9-5-6(15)3-4-16-9/h1-5H,(H2,15,16). The van der Waals surface area contributed by atoms with Crippen molar-refractivity contribution < 1.29 is 13.2 Å². The topological polar surface area (TPSA) is 38.9 Å². The van der Waals surface area contributed by atoms with Gasteiger partial charge in [0.05, 0.1) is 5.69 Å². The van der Waals surface area contributed by atoms with Crippen LogP contribution in [0.1, 0.15) is 0 Å². The number of halogens is 3. The second-order valence-electron chi connectivity index (χ2n) is 3.20. The van der Waals surface area contributed by atoms with Gasteiger partial charge in [-0.15, -0.1) is 0 Å². The Morgan fingerprint density at radius 1 is 1.00 bits per heavy atom. The molecule has 1 heterocycles. The van der Waals surface area contributed by atoms with Crippen LogP contribution in [-0.2, 0) is 0 Å². The van der Waals surface area contributed by atoms with Crippen molar-refractivity contribution in [2.24, 2.45) is 0 Å². The molecule has 0 saturated heterocycles. The van der Waals surface area contributed by atoms with Gasteiger partial charge in [0.15, 0.2) is 17.5 Å². The number of hydrogen-bond acceptors (Lipinski definition) is 2. The van der Waals surface area contributed by atoms with Crippen molar-refractivity contribution in [3.05, 3.63) is 47.9 Å². The molecule has 0 unspecified atom stereocenters. The molecule has 0 amide bonds. The zero-order valence-corrected chi connectivity index (χ0v) is 8.05. The van der Waals surface area contributed by atoms with Crippen molar-refractivity contribution in [2.75, 3.05) is 5.73 Å². The van der Waals surface area contributed by atoms with Crippen LogP contribution >= 0.6 is 0 Å². The van der Waals surface area contributed by atoms with E-state index in [0.717, 1.165) is 12.1 Å². The van der Waals surface area contributed by atoms with E-state index in [9.17, 15) is 13.2 Å². The Bertz CT molecular complexity index is 541. The molecule has 0 atom stereocenters. The Morgan fingerprint density at radius 3 is 2.44 bits per heavy atom. The molecule has 0 aliphatic rings. The molecule has 2 aromatic rings. The van der Waals surface area contributed by atoms with Crippen molar-refractivity contribution in [3.8, 4) is 11.3 Å². The molecule has 82 valence electrons. The first-order valence-corrected chi connectivity index (χ1v) is 4.45. The van der Waals surface area contributed by atoms with Crippen LogP contribution in [0.4, 0.5) is 18.9 Å². The summed E-state index contributed by atoms with van der Waals surface area (Å²) in [4.78, 5) is 3.83. The van der Waals surface area contributed by atoms with Crippen molar-refractivity contribution in [1.29, 1.82) is 0 Å². The lowest BCUT2D eigenvalue weighted by atomic mass is 10.1. The van der Waals surface area contributed by atoms with E-state index in [1.807, 2.05) is 0 Å². The average molecular weight is 224 g/mol. The van der Waals surface area contributed by atoms with E-state index in [4.69, 9.17) is 5.73 Å². The molecule has 2 N–H and O–H groups in total. The van der Waals surface area contributed by atoms with Gasteiger partial charge in [-0.1, -0.05) is 0 Å². The highest BCUT2D eigenvalue weighted by molar-refractivity contribution is 5.63. The number of aromatic nitrogens is 1. The molecule has 2 rings (SSSR count). The smallest absolute Gasteiger partial charge is 0.195 e. The summed E-state index contributed by atoms with van der Waals surface area (Å²) in [5.74, 6) is -4.01. The largest absolute Gasteiger partial charge is 0.399 e. The summed E-state index contributed by atoms with van der Waals surface area (Å²) in [6.07, 6.45) is 1.37. The van der Waals surface area contributed by atoms with Gasteiger partial charge in [-0.3, -0.25) is 4.98 Å². The van der Waals surface area contributed by atoms with Crippen LogP contribution in [0.5, 0.6) is 0 Å². The van der Waals surface area contributed by atoms with Gasteiger partial charge >= 0.3 is 0 Å². The van der Waals surface area contributed by atoms with Crippen LogP contribution in [0, 0.1) is 17.5 Å². The molecule has 0 fully saturated rings. The van der Waals surface area contributed by atoms with Gasteiger partial charge in [-0.05, 0) is 24.3 Å². The van der Waals surface area contributed by atoms with E-state index in [0.29, 0.717) is 5.69 Å². The molecular formula is C11H7F3N2. The Morgan fingerprint density at radius 2 is 1.75 bits per heavy atom. The number of nitrogens with two attached hydrogens (primary N) is 1. The van der Waals surface area contributed by atoms with Gasteiger partial charge in [0.25, 0.3) is 0 Å². The lowest BCUT2D eigenvalue weighted by molar-refractivity contribution is 0.449. The van der Waals surface area contributed by atoms with E-state index >= 15 is 0 Å². The van der Waals surface area contributed by atoms with E-state index in [-0.39, 0.29) is 11.3 Å². The quantitative estimate of drug-likeness (QED) is 0.756. The zero-order valence-electron chi connectivity index (χ0n) is 8.05. The summed E-state index contributed by atoms with van der Waals surface area (Å²) >= 11 is 0. The monoisotopic (exact) mass is 224 g/mol. The Hall–Kier alpha value is -2.04. The number of nitrogens with zero attached hydrogens (tertiary/aromatic N) is 1. The van der Waals surface area contributed by atoms with Crippen LogP contribution in [-0.4, -0.2) is 4.98 Å². The fourth-order valence-corrected chi connectivity index (χ4v) is 1.32. The zero-order chi connectivity index (χ0) is 11.7. The number of rotatable bonds is 1. The van der Waals surface area contributed by atoms with Gasteiger partial charge in [0.1, 0.15) is 0 Å². The SMILES string of the molecule is Nc1ccnc(-c2ccc(F)c(F)c2F)c1. The highest BCUT2D eigenvalue weighted by atomic mass is 19.2. The molecule has 0 saturated carbocycles. The summed E-state index contributed by atoms with van der Waals surface area (Å²) in [6.45, 7) is 0. The molecule has 1 aromatic heterocycles. The number of pyridine rings is 1. The molecular weight excluding hydrogens is 217 g/mol. The molecule has 1 aromatic carbocycles. The van der Waals surface area contributed by atoms with Gasteiger partial charge in [0.2, 0.25) is 0 Å². The summed E-state index contributed by atoms with van der Waals surface area (Å²) in [5, 5.41) is 0. The number of benzene rings is 1. The maximum atomic E-state index is 13.4. The van der Waals surface area contributed by atoms with Gasteiger partial charge < -0.3 is 5.73 Å². The van der Waals surface area contributed by atoms with Crippen molar-refractivity contribution in [1.82, 2.24) is 4.98 Å². The Balaban J connectivity index is 2.61. The van der Waals surface area contributed by atoms with Crippen LogP contribution in [0.3, 0.4) is 0 Å². The lowest BCUT2D eigenvalue weighted by Gasteiger charge is -2.04. The average Bonchev–Trinajstić information content (AvgIpc) is 2.26. The second kappa shape index (κ2) is 3.84. The highest BCUT2D eigenvalue weighted by Gasteiger charge is 2.15. The molecule has 0 radical (unpaired) electrons. The second-order valence-corrected chi connectivity index (χ2v) is 3.20. The normalized spacial score (nSPS) is 10.4. The number of anilines is 1. The van der Waals surface area contributed by atoms with E-state index in [1.165, 1.54) is 18.3 Å². The fraction of sp³-hybridized carbons (Fsp3) is 0. The summed E-state index contributed by atoms with van der Waals surface area (Å²) in [7, 11) is 0. The van der Waals surface area contributed by atoms with Gasteiger partial charge in [-0.2, -0.15) is 0 Å². The fourth-order valence-electron chi connectivity index (χ4n) is 1.32. The first-order chi connectivity index (χ1) is 7.59. The minimum Gasteiger partial charge on any atom is -0.399 e. The molecule has 0 spiro atoms. The number of hydrogen-bond donors (Lipinski definition) is 1. The third-order valence-electron chi connectivity index (χ3n) is 2.10. The van der Waals surface area contributed by atoms with Crippen LogP contribution in [0.25, 0.3) is 11.3 Å². The molecule has 2 nitrogen and oxygen atoms in total. The maximum absolute atomic E-state index is 13.4. The van der Waals surface area contributed by atoms with E-state index < -0.39 is 17.5 Å². The van der Waals surface area contributed by atoms with E-state index in [1.54, 1.807) is 0 Å². The third kappa shape index (κ3) is 1.71. The molecule has 0 aliphatic carbocycles. The summed E-state index contributed by atoms with van der Waals surface area (Å²) in [6, 6.07) is 4.87. The van der Waals surface area contributed by atoms with Gasteiger partial charge in [-0.25, -0.2) is 13.2 Å². The number of nitrogen functional groups attached to an aromatic ring is 1. The third-order valence-corrected chi connectivity index (χ3v) is 2.10. The summed E-state index contributed by atoms with van der Waals surface area (Å²) in [5.41, 5.74) is 5.90. The molecule has 5 heteroatoms. The van der Waals surface area contributed by atoms with Crippen molar-refractivity contribution >= 4 is 5.69 Å². The first-order valence-electron chi connectivity index (χ1n) is 4.45. The predicted octanol–water partition coefficient (Wildman–Crippen LogP) is 2.75. The van der Waals surface area contributed by atoms with Gasteiger partial charge in [0, 0.05) is 17.4 Å². The Labute approximate surface area is 89.5 Å². The maximum Gasteiger partial charge on any atom is 0.195 e.